The SMILES string of the molecule is O=C(c1cccs1)C1CC1c1ccc2c(c1)OCO2. The Hall–Kier alpha value is -1.81. The van der Waals surface area contributed by atoms with Gasteiger partial charge in [-0.2, -0.15) is 0 Å². The zero-order chi connectivity index (χ0) is 12.8. The van der Waals surface area contributed by atoms with Gasteiger partial charge in [0, 0.05) is 5.92 Å². The van der Waals surface area contributed by atoms with Crippen molar-refractivity contribution < 1.29 is 14.3 Å². The van der Waals surface area contributed by atoms with Gasteiger partial charge in [0.25, 0.3) is 0 Å². The van der Waals surface area contributed by atoms with Crippen LogP contribution in [0.2, 0.25) is 0 Å². The topological polar surface area (TPSA) is 35.5 Å². The lowest BCUT2D eigenvalue weighted by molar-refractivity contribution is 0.0969. The molecular weight excluding hydrogens is 260 g/mol. The van der Waals surface area contributed by atoms with Crippen LogP contribution in [0.4, 0.5) is 0 Å². The third kappa shape index (κ3) is 1.83. The van der Waals surface area contributed by atoms with Gasteiger partial charge in [0.2, 0.25) is 6.79 Å². The average Bonchev–Trinajstić information content (AvgIpc) is 2.88. The Morgan fingerprint density at radius 2 is 2.11 bits per heavy atom. The zero-order valence-corrected chi connectivity index (χ0v) is 11.0. The molecule has 19 heavy (non-hydrogen) atoms. The molecule has 0 N–H and O–H groups in total. The fraction of sp³-hybridized carbons (Fsp3) is 0.267. The lowest BCUT2D eigenvalue weighted by Gasteiger charge is -2.02. The van der Waals surface area contributed by atoms with Crippen LogP contribution in [0, 0.1) is 5.92 Å². The molecule has 1 aromatic carbocycles. The van der Waals surface area contributed by atoms with Gasteiger partial charge in [0.15, 0.2) is 17.3 Å². The first-order valence-corrected chi connectivity index (χ1v) is 7.18. The number of rotatable bonds is 3. The molecule has 1 fully saturated rings. The lowest BCUT2D eigenvalue weighted by atomic mass is 10.1. The summed E-state index contributed by atoms with van der Waals surface area (Å²) in [4.78, 5) is 13.1. The minimum Gasteiger partial charge on any atom is -0.454 e. The molecule has 2 unspecified atom stereocenters. The maximum absolute atomic E-state index is 12.2. The largest absolute Gasteiger partial charge is 0.454 e. The summed E-state index contributed by atoms with van der Waals surface area (Å²) in [5, 5.41) is 1.95. The minimum atomic E-state index is 0.138. The first kappa shape index (κ1) is 11.1. The van der Waals surface area contributed by atoms with Crippen LogP contribution in [0.3, 0.4) is 0 Å². The number of carbonyl (C=O) groups excluding carboxylic acids is 1. The molecule has 1 saturated carbocycles. The van der Waals surface area contributed by atoms with Crippen LogP contribution in [-0.2, 0) is 0 Å². The molecule has 2 atom stereocenters. The van der Waals surface area contributed by atoms with Crippen LogP contribution in [0.15, 0.2) is 35.7 Å². The van der Waals surface area contributed by atoms with E-state index in [9.17, 15) is 4.79 Å². The first-order valence-electron chi connectivity index (χ1n) is 6.30. The highest BCUT2D eigenvalue weighted by molar-refractivity contribution is 7.12. The number of ether oxygens (including phenoxy) is 2. The van der Waals surface area contributed by atoms with Crippen molar-refractivity contribution in [2.45, 2.75) is 12.3 Å². The molecule has 4 heteroatoms. The summed E-state index contributed by atoms with van der Waals surface area (Å²) < 4.78 is 10.7. The molecule has 1 aliphatic carbocycles. The fourth-order valence-electron chi connectivity index (χ4n) is 2.60. The number of carbonyl (C=O) groups is 1. The van der Waals surface area contributed by atoms with E-state index in [1.165, 1.54) is 16.9 Å². The Balaban J connectivity index is 1.55. The Labute approximate surface area is 114 Å². The highest BCUT2D eigenvalue weighted by Gasteiger charge is 2.44. The number of hydrogen-bond acceptors (Lipinski definition) is 4. The van der Waals surface area contributed by atoms with Crippen molar-refractivity contribution in [1.82, 2.24) is 0 Å². The molecule has 0 spiro atoms. The quantitative estimate of drug-likeness (QED) is 0.803. The van der Waals surface area contributed by atoms with Gasteiger partial charge in [-0.3, -0.25) is 4.79 Å². The summed E-state index contributed by atoms with van der Waals surface area (Å²) >= 11 is 1.52. The fourth-order valence-corrected chi connectivity index (χ4v) is 3.33. The lowest BCUT2D eigenvalue weighted by Crippen LogP contribution is -2.00. The van der Waals surface area contributed by atoms with E-state index in [0.717, 1.165) is 22.8 Å². The molecule has 1 aliphatic heterocycles. The normalized spacial score (nSPS) is 23.4. The summed E-state index contributed by atoms with van der Waals surface area (Å²) in [6, 6.07) is 9.81. The molecule has 0 bridgehead atoms. The Morgan fingerprint density at radius 1 is 1.21 bits per heavy atom. The summed E-state index contributed by atoms with van der Waals surface area (Å²) in [7, 11) is 0. The molecule has 96 valence electrons. The molecule has 0 radical (unpaired) electrons. The number of benzene rings is 1. The third-order valence-electron chi connectivity index (χ3n) is 3.72. The van der Waals surface area contributed by atoms with Gasteiger partial charge in [0.05, 0.1) is 4.88 Å². The van der Waals surface area contributed by atoms with Gasteiger partial charge in [-0.15, -0.1) is 11.3 Å². The predicted molar refractivity (Wildman–Crippen MR) is 72.1 cm³/mol. The summed E-state index contributed by atoms with van der Waals surface area (Å²) in [5.74, 6) is 2.35. The van der Waals surface area contributed by atoms with Crippen LogP contribution in [0.5, 0.6) is 11.5 Å². The highest BCUT2D eigenvalue weighted by Crippen LogP contribution is 2.51. The van der Waals surface area contributed by atoms with Crippen molar-refractivity contribution in [2.75, 3.05) is 6.79 Å². The number of Topliss-reactive ketones (excluding diaryl/α,β-unsaturated/α-hetero) is 1. The van der Waals surface area contributed by atoms with E-state index in [1.807, 2.05) is 35.7 Å². The van der Waals surface area contributed by atoms with Gasteiger partial charge in [-0.25, -0.2) is 0 Å². The van der Waals surface area contributed by atoms with Crippen LogP contribution in [-0.4, -0.2) is 12.6 Å². The standard InChI is InChI=1S/C15H12O3S/c16-15(14-2-1-5-19-14)11-7-10(11)9-3-4-12-13(6-9)18-8-17-12/h1-6,10-11H,7-8H2. The van der Waals surface area contributed by atoms with Gasteiger partial charge < -0.3 is 9.47 Å². The molecule has 4 rings (SSSR count). The zero-order valence-electron chi connectivity index (χ0n) is 10.2. The van der Waals surface area contributed by atoms with Crippen LogP contribution >= 0.6 is 11.3 Å². The Morgan fingerprint density at radius 3 is 2.95 bits per heavy atom. The van der Waals surface area contributed by atoms with Crippen molar-refractivity contribution in [1.29, 1.82) is 0 Å². The highest BCUT2D eigenvalue weighted by atomic mass is 32.1. The molecule has 3 nitrogen and oxygen atoms in total. The number of fused-ring (bicyclic) bond motifs is 1. The summed E-state index contributed by atoms with van der Waals surface area (Å²) in [6.07, 6.45) is 0.941. The van der Waals surface area contributed by atoms with E-state index in [1.54, 1.807) is 0 Å². The van der Waals surface area contributed by atoms with Crippen LogP contribution in [0.1, 0.15) is 27.6 Å². The summed E-state index contributed by atoms with van der Waals surface area (Å²) in [6.45, 7) is 0.293. The Kier molecular flexibility index (Phi) is 2.38. The van der Waals surface area contributed by atoms with Crippen molar-refractivity contribution in [3.8, 4) is 11.5 Å². The molecule has 1 aromatic heterocycles. The van der Waals surface area contributed by atoms with E-state index in [0.29, 0.717) is 12.7 Å². The second kappa shape index (κ2) is 4.10. The van der Waals surface area contributed by atoms with E-state index in [2.05, 4.69) is 0 Å². The third-order valence-corrected chi connectivity index (χ3v) is 4.60. The number of hydrogen-bond donors (Lipinski definition) is 0. The van der Waals surface area contributed by atoms with E-state index >= 15 is 0 Å². The molecule has 0 amide bonds. The van der Waals surface area contributed by atoms with Crippen LogP contribution < -0.4 is 9.47 Å². The number of ketones is 1. The van der Waals surface area contributed by atoms with Gasteiger partial charge >= 0.3 is 0 Å². The maximum Gasteiger partial charge on any atom is 0.231 e. The van der Waals surface area contributed by atoms with Gasteiger partial charge in [-0.05, 0) is 41.5 Å². The van der Waals surface area contributed by atoms with Crippen molar-refractivity contribution >= 4 is 17.1 Å². The van der Waals surface area contributed by atoms with Gasteiger partial charge in [-0.1, -0.05) is 12.1 Å². The van der Waals surface area contributed by atoms with Crippen molar-refractivity contribution in [3.63, 3.8) is 0 Å². The molecular formula is C15H12O3S. The molecule has 2 aromatic rings. The molecule has 2 heterocycles. The predicted octanol–water partition coefficient (Wildman–Crippen LogP) is 3.46. The van der Waals surface area contributed by atoms with Crippen LogP contribution in [0.25, 0.3) is 0 Å². The maximum atomic E-state index is 12.2. The smallest absolute Gasteiger partial charge is 0.231 e. The summed E-state index contributed by atoms with van der Waals surface area (Å²) in [5.41, 5.74) is 1.18. The van der Waals surface area contributed by atoms with E-state index < -0.39 is 0 Å². The van der Waals surface area contributed by atoms with Crippen molar-refractivity contribution in [2.24, 2.45) is 5.92 Å². The minimum absolute atomic E-state index is 0.138. The second-order valence-electron chi connectivity index (χ2n) is 4.90. The van der Waals surface area contributed by atoms with E-state index in [-0.39, 0.29) is 11.7 Å². The first-order chi connectivity index (χ1) is 9.33. The molecule has 0 saturated heterocycles. The van der Waals surface area contributed by atoms with Crippen molar-refractivity contribution in [3.05, 3.63) is 46.2 Å². The van der Waals surface area contributed by atoms with E-state index in [4.69, 9.17) is 9.47 Å². The monoisotopic (exact) mass is 272 g/mol. The van der Waals surface area contributed by atoms with Gasteiger partial charge in [0.1, 0.15) is 0 Å². The number of thiophene rings is 1. The average molecular weight is 272 g/mol. The second-order valence-corrected chi connectivity index (χ2v) is 5.85. The molecule has 2 aliphatic rings. The Bertz CT molecular complexity index is 633.